The van der Waals surface area contributed by atoms with Gasteiger partial charge in [-0.25, -0.2) is 19.5 Å². The van der Waals surface area contributed by atoms with Crippen LogP contribution in [0.2, 0.25) is 0 Å². The van der Waals surface area contributed by atoms with Gasteiger partial charge in [-0.1, -0.05) is 50.6 Å². The first-order valence-electron chi connectivity index (χ1n) is 13.5. The fourth-order valence-corrected chi connectivity index (χ4v) is 4.56. The Kier molecular flexibility index (Phi) is 8.29. The number of hydrogen-bond acceptors (Lipinski definition) is 9. The molecule has 40 heavy (non-hydrogen) atoms. The summed E-state index contributed by atoms with van der Waals surface area (Å²) in [4.78, 5) is 32.5. The van der Waals surface area contributed by atoms with Gasteiger partial charge in [0.25, 0.3) is 5.56 Å². The summed E-state index contributed by atoms with van der Waals surface area (Å²) in [5.41, 5.74) is 4.69. The maximum atomic E-state index is 14.0. The van der Waals surface area contributed by atoms with Crippen molar-refractivity contribution in [3.05, 3.63) is 88.0 Å². The summed E-state index contributed by atoms with van der Waals surface area (Å²) in [6, 6.07) is 11.7. The van der Waals surface area contributed by atoms with Gasteiger partial charge in [-0.15, -0.1) is 10.2 Å². The van der Waals surface area contributed by atoms with E-state index in [0.717, 1.165) is 47.3 Å². The fourth-order valence-electron chi connectivity index (χ4n) is 4.56. The zero-order valence-corrected chi connectivity index (χ0v) is 22.8. The van der Waals surface area contributed by atoms with Gasteiger partial charge in [0.15, 0.2) is 5.75 Å². The second-order valence-electron chi connectivity index (χ2n) is 9.21. The largest absolute Gasteiger partial charge is 0.491 e. The van der Waals surface area contributed by atoms with Crippen molar-refractivity contribution in [1.82, 2.24) is 45.1 Å². The number of unbranched alkanes of at least 4 members (excludes halogenated alkanes) is 1. The Balaban J connectivity index is 1.52. The Hall–Kier alpha value is -4.80. The zero-order valence-electron chi connectivity index (χ0n) is 22.8. The van der Waals surface area contributed by atoms with E-state index in [4.69, 9.17) is 14.7 Å². The molecule has 0 unspecified atom stereocenters. The van der Waals surface area contributed by atoms with Crippen molar-refractivity contribution in [1.29, 1.82) is 0 Å². The molecular weight excluding hydrogens is 506 g/mol. The Morgan fingerprint density at radius 2 is 1.75 bits per heavy atom. The minimum atomic E-state index is -0.159. The first-order valence-corrected chi connectivity index (χ1v) is 13.5. The van der Waals surface area contributed by atoms with Crippen LogP contribution in [0.25, 0.3) is 28.6 Å². The number of benzene rings is 1. The van der Waals surface area contributed by atoms with Gasteiger partial charge < -0.3 is 4.74 Å². The molecule has 0 bridgehead atoms. The van der Waals surface area contributed by atoms with Crippen molar-refractivity contribution in [2.45, 2.75) is 52.9 Å². The van der Waals surface area contributed by atoms with Gasteiger partial charge in [0, 0.05) is 35.7 Å². The topological polar surface area (TPSA) is 137 Å². The number of aromatic nitrogens is 9. The molecule has 1 aromatic carbocycles. The molecule has 5 aromatic rings. The van der Waals surface area contributed by atoms with E-state index in [9.17, 15) is 4.79 Å². The highest BCUT2D eigenvalue weighted by atomic mass is 16.5. The predicted octanol–water partition coefficient (Wildman–Crippen LogP) is 4.16. The molecule has 0 saturated heterocycles. The molecule has 204 valence electrons. The van der Waals surface area contributed by atoms with Crippen LogP contribution in [0.4, 0.5) is 0 Å². The van der Waals surface area contributed by atoms with Crippen LogP contribution in [-0.2, 0) is 19.3 Å². The van der Waals surface area contributed by atoms with Crippen LogP contribution >= 0.6 is 0 Å². The van der Waals surface area contributed by atoms with Crippen LogP contribution in [0.5, 0.6) is 5.75 Å². The van der Waals surface area contributed by atoms with E-state index in [1.54, 1.807) is 18.6 Å². The summed E-state index contributed by atoms with van der Waals surface area (Å²) >= 11 is 0. The van der Waals surface area contributed by atoms with Gasteiger partial charge in [-0.05, 0) is 36.6 Å². The predicted molar refractivity (Wildman–Crippen MR) is 150 cm³/mol. The van der Waals surface area contributed by atoms with Gasteiger partial charge in [-0.3, -0.25) is 9.78 Å². The molecule has 1 N–H and O–H groups in total. The van der Waals surface area contributed by atoms with Crippen molar-refractivity contribution in [2.24, 2.45) is 0 Å². The molecule has 0 aliphatic heterocycles. The second kappa shape index (κ2) is 12.4. The summed E-state index contributed by atoms with van der Waals surface area (Å²) < 4.78 is 6.99. The van der Waals surface area contributed by atoms with Crippen molar-refractivity contribution in [3.63, 3.8) is 0 Å². The molecule has 4 heterocycles. The quantitative estimate of drug-likeness (QED) is 0.263. The molecule has 11 heteroatoms. The van der Waals surface area contributed by atoms with Crippen LogP contribution in [-0.4, -0.2) is 51.7 Å². The number of nitrogens with zero attached hydrogens (tertiary/aromatic N) is 8. The number of rotatable bonds is 11. The fraction of sp³-hybridized carbons (Fsp3) is 0.310. The van der Waals surface area contributed by atoms with E-state index in [1.165, 1.54) is 4.57 Å². The highest BCUT2D eigenvalue weighted by Gasteiger charge is 2.19. The third-order valence-electron chi connectivity index (χ3n) is 6.54. The van der Waals surface area contributed by atoms with E-state index >= 15 is 0 Å². The van der Waals surface area contributed by atoms with Crippen molar-refractivity contribution < 1.29 is 4.74 Å². The molecular formula is C29H31N9O2. The van der Waals surface area contributed by atoms with Gasteiger partial charge >= 0.3 is 0 Å². The first kappa shape index (κ1) is 26.8. The molecule has 4 aromatic heterocycles. The summed E-state index contributed by atoms with van der Waals surface area (Å²) in [5, 5.41) is 14.4. The Labute approximate surface area is 231 Å². The Bertz CT molecular complexity index is 1610. The molecule has 0 atom stereocenters. The molecule has 0 amide bonds. The van der Waals surface area contributed by atoms with Crippen LogP contribution in [0.1, 0.15) is 56.3 Å². The average molecular weight is 538 g/mol. The van der Waals surface area contributed by atoms with Gasteiger partial charge in [0.1, 0.15) is 5.82 Å². The van der Waals surface area contributed by atoms with Crippen LogP contribution in [0, 0.1) is 0 Å². The van der Waals surface area contributed by atoms with Crippen LogP contribution < -0.4 is 10.3 Å². The number of aromatic amines is 1. The number of aryl methyl sites for hydroxylation is 2. The van der Waals surface area contributed by atoms with Gasteiger partial charge in [0.05, 0.1) is 30.4 Å². The van der Waals surface area contributed by atoms with Crippen LogP contribution in [0.3, 0.4) is 0 Å². The first-order chi connectivity index (χ1) is 19.6. The summed E-state index contributed by atoms with van der Waals surface area (Å²) in [5.74, 6) is 1.97. The lowest BCUT2D eigenvalue weighted by Crippen LogP contribution is -2.30. The number of ether oxygens (including phenoxy) is 1. The van der Waals surface area contributed by atoms with E-state index in [2.05, 4.69) is 37.5 Å². The monoisotopic (exact) mass is 537 g/mol. The third kappa shape index (κ3) is 5.63. The van der Waals surface area contributed by atoms with E-state index < -0.39 is 0 Å². The van der Waals surface area contributed by atoms with Gasteiger partial charge in [0.2, 0.25) is 11.8 Å². The molecule has 0 saturated carbocycles. The summed E-state index contributed by atoms with van der Waals surface area (Å²) in [7, 11) is 0. The molecule has 11 nitrogen and oxygen atoms in total. The number of tetrazole rings is 1. The lowest BCUT2D eigenvalue weighted by molar-refractivity contribution is 0.337. The minimum absolute atomic E-state index is 0.159. The van der Waals surface area contributed by atoms with Crippen molar-refractivity contribution in [3.8, 4) is 34.3 Å². The number of H-pyrrole nitrogens is 1. The van der Waals surface area contributed by atoms with Crippen molar-refractivity contribution >= 4 is 0 Å². The standard InChI is InChI=1S/C29H31N9O2/c1-4-7-12-25-23(28(39)38(26(5-2)33-25)29-31-17-20(18-32-29)40-6-3)15-19-13-14-24(30-16-19)21-10-8-9-11-22(21)27-34-36-37-35-27/h8-11,13-14,16-18H,4-7,12,15H2,1-3H3,(H,34,35,36,37). The SMILES string of the molecule is CCCCc1nc(CC)n(-c2ncc(OCC)cn2)c(=O)c1Cc1ccc(-c2ccccc2-c2nn[nH]n2)nc1. The molecule has 5 rings (SSSR count). The molecule has 0 spiro atoms. The Morgan fingerprint density at radius 3 is 2.40 bits per heavy atom. The smallest absolute Gasteiger partial charge is 0.264 e. The minimum Gasteiger partial charge on any atom is -0.491 e. The molecule has 0 aliphatic rings. The normalized spacial score (nSPS) is 11.1. The molecule has 0 aliphatic carbocycles. The van der Waals surface area contributed by atoms with Gasteiger partial charge in [-0.2, -0.15) is 5.21 Å². The van der Waals surface area contributed by atoms with E-state index in [-0.39, 0.29) is 11.5 Å². The molecule has 0 radical (unpaired) electrons. The van der Waals surface area contributed by atoms with E-state index in [0.29, 0.717) is 42.4 Å². The van der Waals surface area contributed by atoms with Crippen LogP contribution in [0.15, 0.2) is 59.8 Å². The third-order valence-corrected chi connectivity index (χ3v) is 6.54. The number of pyridine rings is 1. The van der Waals surface area contributed by atoms with E-state index in [1.807, 2.05) is 50.2 Å². The maximum absolute atomic E-state index is 14.0. The lowest BCUT2D eigenvalue weighted by atomic mass is 10.0. The average Bonchev–Trinajstić information content (AvgIpc) is 3.53. The highest BCUT2D eigenvalue weighted by Crippen LogP contribution is 2.28. The highest BCUT2D eigenvalue weighted by molar-refractivity contribution is 5.78. The number of hydrogen-bond donors (Lipinski definition) is 1. The summed E-state index contributed by atoms with van der Waals surface area (Å²) in [6.07, 6.45) is 8.60. The second-order valence-corrected chi connectivity index (χ2v) is 9.21. The lowest BCUT2D eigenvalue weighted by Gasteiger charge is -2.16. The zero-order chi connectivity index (χ0) is 27.9. The maximum Gasteiger partial charge on any atom is 0.264 e. The van der Waals surface area contributed by atoms with Crippen molar-refractivity contribution in [2.75, 3.05) is 6.61 Å². The molecule has 0 fully saturated rings. The number of nitrogens with one attached hydrogen (secondary N) is 1. The Morgan fingerprint density at radius 1 is 0.950 bits per heavy atom. The summed E-state index contributed by atoms with van der Waals surface area (Å²) in [6.45, 7) is 6.51.